The Morgan fingerprint density at radius 3 is 2.56 bits per heavy atom. The number of carbonyl (C=O) groups excluding carboxylic acids is 1. The average Bonchev–Trinajstić information content (AvgIpc) is 3.40. The lowest BCUT2D eigenvalue weighted by molar-refractivity contribution is -0.158. The summed E-state index contributed by atoms with van der Waals surface area (Å²) in [4.78, 5) is 12.0. The monoisotopic (exact) mass is 477 g/mol. The zero-order chi connectivity index (χ0) is 24.5. The summed E-state index contributed by atoms with van der Waals surface area (Å²) in [7, 11) is 0. The number of aromatic nitrogens is 3. The molecule has 4 aromatic rings. The number of carbonyl (C=O) groups is 1. The van der Waals surface area contributed by atoms with Crippen LogP contribution in [-0.2, 0) is 6.54 Å². The van der Waals surface area contributed by atoms with Crippen LogP contribution in [0.5, 0.6) is 0 Å². The molecule has 0 aliphatic rings. The number of amides is 1. The predicted octanol–water partition coefficient (Wildman–Crippen LogP) is 3.87. The first kappa shape index (κ1) is 23.2. The average molecular weight is 477 g/mol. The molecule has 178 valence electrons. The number of nitrogens with zero attached hydrogens (tertiary/aromatic N) is 3. The van der Waals surface area contributed by atoms with Gasteiger partial charge >= 0.3 is 12.2 Å². The molecule has 1 unspecified atom stereocenters. The van der Waals surface area contributed by atoms with Gasteiger partial charge in [-0.3, -0.25) is 4.79 Å². The van der Waals surface area contributed by atoms with Crippen molar-refractivity contribution in [3.05, 3.63) is 71.5 Å². The highest BCUT2D eigenvalue weighted by Crippen LogP contribution is 2.37. The molecule has 1 amide bonds. The van der Waals surface area contributed by atoms with Crippen molar-refractivity contribution < 1.29 is 31.9 Å². The number of pyridine rings is 1. The topological polar surface area (TPSA) is 119 Å². The number of nitrogens with two attached hydrogens (primary N) is 1. The number of alkyl halides is 3. The van der Waals surface area contributed by atoms with Crippen molar-refractivity contribution >= 4 is 17.4 Å². The van der Waals surface area contributed by atoms with Crippen LogP contribution in [0.4, 0.5) is 23.6 Å². The van der Waals surface area contributed by atoms with Gasteiger partial charge in [-0.25, -0.2) is 4.39 Å². The molecule has 1 atom stereocenters. The Hall–Kier alpha value is -3.93. The number of hydrogen-bond donors (Lipinski definition) is 3. The molecule has 0 radical (unpaired) electrons. The van der Waals surface area contributed by atoms with Gasteiger partial charge in [-0.15, -0.1) is 5.10 Å². The Labute approximate surface area is 190 Å². The molecule has 3 heterocycles. The minimum atomic E-state index is -4.63. The van der Waals surface area contributed by atoms with Gasteiger partial charge in [0, 0.05) is 24.9 Å². The fraction of sp³-hybridized carbons (Fsp3) is 0.227. The van der Waals surface area contributed by atoms with Crippen molar-refractivity contribution in [1.29, 1.82) is 0 Å². The number of anilines is 1. The maximum atomic E-state index is 13.3. The number of nitrogens with one attached hydrogen (secondary N) is 1. The summed E-state index contributed by atoms with van der Waals surface area (Å²) in [5.74, 6) is -3.76. The zero-order valence-electron chi connectivity index (χ0n) is 17.5. The first-order chi connectivity index (χ1) is 16.2. The van der Waals surface area contributed by atoms with Gasteiger partial charge in [0.2, 0.25) is 5.89 Å². The van der Waals surface area contributed by atoms with Crippen molar-refractivity contribution in [1.82, 2.24) is 14.6 Å². The Morgan fingerprint density at radius 2 is 1.91 bits per heavy atom. The molecule has 0 spiro atoms. The van der Waals surface area contributed by atoms with E-state index >= 15 is 0 Å². The molecule has 0 fully saturated rings. The van der Waals surface area contributed by atoms with E-state index in [2.05, 4.69) is 15.5 Å². The van der Waals surface area contributed by atoms with Crippen LogP contribution in [0.15, 0.2) is 53.1 Å². The summed E-state index contributed by atoms with van der Waals surface area (Å²) in [6.45, 7) is -0.544. The number of benzene rings is 1. The summed E-state index contributed by atoms with van der Waals surface area (Å²) < 4.78 is 59.5. The van der Waals surface area contributed by atoms with E-state index in [1.54, 1.807) is 28.8 Å². The molecule has 8 nitrogen and oxygen atoms in total. The smallest absolute Gasteiger partial charge is 0.400 e. The molecule has 1 aromatic carbocycles. The van der Waals surface area contributed by atoms with Crippen LogP contribution in [0.2, 0.25) is 0 Å². The van der Waals surface area contributed by atoms with Gasteiger partial charge in [0.05, 0.1) is 11.3 Å². The highest BCUT2D eigenvalue weighted by atomic mass is 19.4. The Kier molecular flexibility index (Phi) is 6.24. The van der Waals surface area contributed by atoms with Crippen LogP contribution in [-0.4, -0.2) is 38.4 Å². The number of rotatable bonds is 8. The molecular weight excluding hydrogens is 458 g/mol. The van der Waals surface area contributed by atoms with Crippen LogP contribution in [0.1, 0.15) is 34.2 Å². The van der Waals surface area contributed by atoms with E-state index in [1.165, 1.54) is 24.3 Å². The largest absolute Gasteiger partial charge is 0.407 e. The first-order valence-electron chi connectivity index (χ1n) is 10.1. The lowest BCUT2D eigenvalue weighted by Crippen LogP contribution is -2.22. The molecule has 0 aliphatic carbocycles. The van der Waals surface area contributed by atoms with Gasteiger partial charge in [0.1, 0.15) is 11.7 Å². The zero-order valence-corrected chi connectivity index (χ0v) is 17.5. The predicted molar refractivity (Wildman–Crippen MR) is 113 cm³/mol. The van der Waals surface area contributed by atoms with Gasteiger partial charge in [-0.05, 0) is 60.0 Å². The highest BCUT2D eigenvalue weighted by Gasteiger charge is 2.44. The summed E-state index contributed by atoms with van der Waals surface area (Å²) in [5, 5.41) is 18.7. The molecule has 0 bridgehead atoms. The normalized spacial score (nSPS) is 12.7. The summed E-state index contributed by atoms with van der Waals surface area (Å²) in [6.07, 6.45) is -3.53. The van der Waals surface area contributed by atoms with Crippen LogP contribution >= 0.6 is 0 Å². The third-order valence-corrected chi connectivity index (χ3v) is 5.22. The second kappa shape index (κ2) is 9.14. The molecule has 3 aromatic heterocycles. The molecule has 0 saturated heterocycles. The lowest BCUT2D eigenvalue weighted by Gasteiger charge is -2.15. The van der Waals surface area contributed by atoms with E-state index in [1.807, 2.05) is 0 Å². The fourth-order valence-corrected chi connectivity index (χ4v) is 3.61. The van der Waals surface area contributed by atoms with Gasteiger partial charge in [-0.1, -0.05) is 5.10 Å². The molecule has 4 N–H and O–H groups in total. The summed E-state index contributed by atoms with van der Waals surface area (Å²) >= 11 is 0. The van der Waals surface area contributed by atoms with Gasteiger partial charge < -0.3 is 25.0 Å². The quantitative estimate of drug-likeness (QED) is 0.332. The molecular formula is C22H19F4N5O3. The molecule has 34 heavy (non-hydrogen) atoms. The Morgan fingerprint density at radius 1 is 1.18 bits per heavy atom. The Balaban J connectivity index is 1.57. The first-order valence-corrected chi connectivity index (χ1v) is 10.1. The highest BCUT2D eigenvalue weighted by molar-refractivity contribution is 6.01. The number of primary amides is 1. The van der Waals surface area contributed by atoms with E-state index in [-0.39, 0.29) is 18.1 Å². The number of fused-ring (bicyclic) bond motifs is 1. The van der Waals surface area contributed by atoms with E-state index in [4.69, 9.17) is 15.3 Å². The van der Waals surface area contributed by atoms with Crippen LogP contribution in [0, 0.1) is 5.82 Å². The fourth-order valence-electron chi connectivity index (χ4n) is 3.61. The van der Waals surface area contributed by atoms with E-state index in [0.717, 1.165) is 0 Å². The van der Waals surface area contributed by atoms with Crippen molar-refractivity contribution in [3.63, 3.8) is 0 Å². The molecule has 12 heteroatoms. The second-order valence-corrected chi connectivity index (χ2v) is 7.51. The van der Waals surface area contributed by atoms with E-state index < -0.39 is 42.7 Å². The number of aliphatic hydroxyl groups excluding tert-OH is 1. The van der Waals surface area contributed by atoms with Crippen LogP contribution < -0.4 is 11.1 Å². The van der Waals surface area contributed by atoms with Crippen molar-refractivity contribution in [2.45, 2.75) is 25.1 Å². The van der Waals surface area contributed by atoms with Gasteiger partial charge in [0.25, 0.3) is 5.91 Å². The van der Waals surface area contributed by atoms with Crippen molar-refractivity contribution in [2.75, 3.05) is 11.9 Å². The van der Waals surface area contributed by atoms with Crippen molar-refractivity contribution in [3.8, 4) is 11.3 Å². The molecule has 0 saturated carbocycles. The van der Waals surface area contributed by atoms with E-state index in [9.17, 15) is 22.4 Å². The maximum absolute atomic E-state index is 13.3. The molecule has 4 rings (SSSR count). The molecule has 0 aliphatic heterocycles. The van der Waals surface area contributed by atoms with Gasteiger partial charge in [0.15, 0.2) is 0 Å². The third-order valence-electron chi connectivity index (χ3n) is 5.22. The number of halogens is 4. The van der Waals surface area contributed by atoms with Gasteiger partial charge in [-0.2, -0.15) is 13.2 Å². The minimum absolute atomic E-state index is 0.137. The maximum Gasteiger partial charge on any atom is 0.400 e. The lowest BCUT2D eigenvalue weighted by atomic mass is 10.1. The minimum Gasteiger partial charge on any atom is -0.407 e. The Bertz CT molecular complexity index is 1310. The third kappa shape index (κ3) is 4.71. The summed E-state index contributed by atoms with van der Waals surface area (Å²) in [6, 6.07) is 10.5. The van der Waals surface area contributed by atoms with E-state index in [0.29, 0.717) is 22.3 Å². The van der Waals surface area contributed by atoms with Crippen LogP contribution in [0.25, 0.3) is 16.8 Å². The standard InChI is InChI=1S/C22H19F4N5O3/c23-14-3-1-13(2-4-14)18-16(19(27)33)10-15-9-12(5-7-31(15)18)11-28-21-30-29-20(34-21)17(6-8-32)22(24,25)26/h1-5,7,9-10,17,32H,6,8,11H2,(H2,27,33)(H,28,30). The van der Waals surface area contributed by atoms with Crippen molar-refractivity contribution in [2.24, 2.45) is 5.73 Å². The SMILES string of the molecule is NC(=O)c1cc2cc(CNc3nnc(C(CCO)C(F)(F)F)o3)ccn2c1-c1ccc(F)cc1. The second-order valence-electron chi connectivity index (χ2n) is 7.51. The summed E-state index contributed by atoms with van der Waals surface area (Å²) in [5.41, 5.74) is 8.22. The number of hydrogen-bond acceptors (Lipinski definition) is 6. The number of aliphatic hydroxyl groups is 1. The van der Waals surface area contributed by atoms with Crippen LogP contribution in [0.3, 0.4) is 0 Å².